The Labute approximate surface area is 156 Å². The highest BCUT2D eigenvalue weighted by Gasteiger charge is 2.32. The number of hydrogen-bond acceptors (Lipinski definition) is 4. The molecular weight excluding hydrogens is 359 g/mol. The fourth-order valence-electron chi connectivity index (χ4n) is 3.36. The van der Waals surface area contributed by atoms with Crippen molar-refractivity contribution in [1.82, 2.24) is 15.2 Å². The molecule has 1 aromatic heterocycles. The van der Waals surface area contributed by atoms with Crippen LogP contribution in [-0.2, 0) is 15.7 Å². The molecule has 8 heteroatoms. The van der Waals surface area contributed by atoms with Gasteiger partial charge in [-0.25, -0.2) is 4.98 Å². The molecule has 1 N–H and O–H groups in total. The number of carbonyl (C=O) groups is 1. The Hall–Kier alpha value is -1.93. The van der Waals surface area contributed by atoms with Gasteiger partial charge in [0.2, 0.25) is 5.91 Å². The Morgan fingerprint density at radius 3 is 2.74 bits per heavy atom. The van der Waals surface area contributed by atoms with Gasteiger partial charge < -0.3 is 10.1 Å². The number of pyridine rings is 1. The van der Waals surface area contributed by atoms with Gasteiger partial charge in [-0.2, -0.15) is 13.2 Å². The number of alkyl halides is 3. The molecule has 0 aliphatic carbocycles. The molecule has 5 nitrogen and oxygen atoms in total. The molecule has 1 aromatic rings. The van der Waals surface area contributed by atoms with Gasteiger partial charge in [-0.3, -0.25) is 9.69 Å². The summed E-state index contributed by atoms with van der Waals surface area (Å²) in [6.45, 7) is 3.94. The first kappa shape index (κ1) is 19.8. The summed E-state index contributed by atoms with van der Waals surface area (Å²) in [5, 5.41) is 2.97. The maximum absolute atomic E-state index is 12.8. The molecule has 3 heterocycles. The van der Waals surface area contributed by atoms with Crippen molar-refractivity contribution >= 4 is 11.5 Å². The third-order valence-electron chi connectivity index (χ3n) is 4.98. The molecule has 0 aromatic carbocycles. The van der Waals surface area contributed by atoms with Gasteiger partial charge in [0.25, 0.3) is 0 Å². The van der Waals surface area contributed by atoms with Crippen LogP contribution >= 0.6 is 0 Å². The number of nitrogens with zero attached hydrogens (tertiary/aromatic N) is 2. The van der Waals surface area contributed by atoms with E-state index in [1.165, 1.54) is 6.07 Å². The highest BCUT2D eigenvalue weighted by atomic mass is 19.4. The molecule has 0 radical (unpaired) electrons. The average molecular weight is 383 g/mol. The van der Waals surface area contributed by atoms with Crippen LogP contribution in [0.25, 0.3) is 5.57 Å². The monoisotopic (exact) mass is 383 g/mol. The molecular formula is C19H24F3N3O2. The maximum atomic E-state index is 12.8. The van der Waals surface area contributed by atoms with Gasteiger partial charge in [0.1, 0.15) is 5.69 Å². The number of amides is 1. The molecule has 148 valence electrons. The van der Waals surface area contributed by atoms with Crippen LogP contribution in [0.15, 0.2) is 24.3 Å². The van der Waals surface area contributed by atoms with Gasteiger partial charge in [-0.1, -0.05) is 12.1 Å². The van der Waals surface area contributed by atoms with Gasteiger partial charge in [0.05, 0.1) is 5.69 Å². The molecule has 2 aliphatic heterocycles. The number of hydrogen-bond donors (Lipinski definition) is 1. The standard InChI is InChI=1S/C19H24F3N3O2/c20-19(21,22)17-3-1-2-16(24-17)14-4-9-25(10-5-14)11-8-23-18(26)15-6-12-27-13-7-15/h1-4,15H,5-13H2,(H,23,26). The van der Waals surface area contributed by atoms with E-state index in [1.54, 1.807) is 6.07 Å². The Bertz CT molecular complexity index is 685. The quantitative estimate of drug-likeness (QED) is 0.850. The fourth-order valence-corrected chi connectivity index (χ4v) is 3.36. The second kappa shape index (κ2) is 8.84. The predicted octanol–water partition coefficient (Wildman–Crippen LogP) is 2.73. The van der Waals surface area contributed by atoms with Crippen molar-refractivity contribution in [3.8, 4) is 0 Å². The third-order valence-corrected chi connectivity index (χ3v) is 4.98. The zero-order valence-electron chi connectivity index (χ0n) is 15.1. The van der Waals surface area contributed by atoms with Crippen molar-refractivity contribution in [1.29, 1.82) is 0 Å². The summed E-state index contributed by atoms with van der Waals surface area (Å²) >= 11 is 0. The molecule has 0 bridgehead atoms. The lowest BCUT2D eigenvalue weighted by atomic mass is 9.99. The number of rotatable bonds is 5. The second-order valence-electron chi connectivity index (χ2n) is 6.86. The van der Waals surface area contributed by atoms with Gasteiger partial charge in [0.15, 0.2) is 0 Å². The van der Waals surface area contributed by atoms with Crippen LogP contribution in [0, 0.1) is 5.92 Å². The zero-order chi connectivity index (χ0) is 19.3. The lowest BCUT2D eigenvalue weighted by Crippen LogP contribution is -2.40. The number of carbonyl (C=O) groups excluding carboxylic acids is 1. The lowest BCUT2D eigenvalue weighted by Gasteiger charge is -2.27. The van der Waals surface area contributed by atoms with Crippen molar-refractivity contribution in [2.45, 2.75) is 25.4 Å². The smallest absolute Gasteiger partial charge is 0.381 e. The van der Waals surface area contributed by atoms with Crippen molar-refractivity contribution in [2.24, 2.45) is 5.92 Å². The minimum Gasteiger partial charge on any atom is -0.381 e. The van der Waals surface area contributed by atoms with E-state index < -0.39 is 11.9 Å². The van der Waals surface area contributed by atoms with Gasteiger partial charge in [-0.15, -0.1) is 0 Å². The van der Waals surface area contributed by atoms with E-state index in [1.807, 2.05) is 6.08 Å². The van der Waals surface area contributed by atoms with Crippen LogP contribution in [0.3, 0.4) is 0 Å². The van der Waals surface area contributed by atoms with Gasteiger partial charge in [-0.05, 0) is 37.0 Å². The van der Waals surface area contributed by atoms with E-state index in [0.29, 0.717) is 38.4 Å². The van der Waals surface area contributed by atoms with Crippen LogP contribution in [0.5, 0.6) is 0 Å². The highest BCUT2D eigenvalue weighted by Crippen LogP contribution is 2.29. The van der Waals surface area contributed by atoms with Crippen LogP contribution < -0.4 is 5.32 Å². The van der Waals surface area contributed by atoms with E-state index in [9.17, 15) is 18.0 Å². The molecule has 27 heavy (non-hydrogen) atoms. The predicted molar refractivity (Wildman–Crippen MR) is 94.8 cm³/mol. The minimum atomic E-state index is -4.43. The molecule has 1 saturated heterocycles. The zero-order valence-corrected chi connectivity index (χ0v) is 15.1. The van der Waals surface area contributed by atoms with E-state index in [4.69, 9.17) is 4.74 Å². The first-order valence-corrected chi connectivity index (χ1v) is 9.25. The van der Waals surface area contributed by atoms with Crippen molar-refractivity contribution < 1.29 is 22.7 Å². The second-order valence-corrected chi connectivity index (χ2v) is 6.86. The number of halogens is 3. The van der Waals surface area contributed by atoms with Crippen LogP contribution in [0.4, 0.5) is 13.2 Å². The van der Waals surface area contributed by atoms with Crippen molar-refractivity contribution in [3.63, 3.8) is 0 Å². The SMILES string of the molecule is O=C(NCCN1CC=C(c2cccc(C(F)(F)F)n2)CC1)C1CCOCC1. The maximum Gasteiger partial charge on any atom is 0.433 e. The van der Waals surface area contributed by atoms with Gasteiger partial charge >= 0.3 is 6.18 Å². The summed E-state index contributed by atoms with van der Waals surface area (Å²) in [5.41, 5.74) is 0.361. The van der Waals surface area contributed by atoms with Gasteiger partial charge in [0, 0.05) is 45.3 Å². The molecule has 1 fully saturated rings. The van der Waals surface area contributed by atoms with Crippen molar-refractivity contribution in [3.05, 3.63) is 35.7 Å². The third kappa shape index (κ3) is 5.52. The summed E-state index contributed by atoms with van der Waals surface area (Å²) in [6, 6.07) is 4.00. The van der Waals surface area contributed by atoms with E-state index in [0.717, 1.165) is 37.6 Å². The molecule has 0 spiro atoms. The Morgan fingerprint density at radius 2 is 2.07 bits per heavy atom. The number of nitrogens with one attached hydrogen (secondary N) is 1. The highest BCUT2D eigenvalue weighted by molar-refractivity contribution is 5.78. The van der Waals surface area contributed by atoms with Crippen LogP contribution in [-0.4, -0.2) is 55.2 Å². The molecule has 2 aliphatic rings. The largest absolute Gasteiger partial charge is 0.433 e. The normalized spacial score (nSPS) is 19.6. The van der Waals surface area contributed by atoms with E-state index in [-0.39, 0.29) is 11.8 Å². The fraction of sp³-hybridized carbons (Fsp3) is 0.579. The Kier molecular flexibility index (Phi) is 6.49. The summed E-state index contributed by atoms with van der Waals surface area (Å²) in [5.74, 6) is 0.123. The molecule has 1 amide bonds. The average Bonchev–Trinajstić information content (AvgIpc) is 2.68. The summed E-state index contributed by atoms with van der Waals surface area (Å²) in [7, 11) is 0. The molecule has 0 unspecified atom stereocenters. The molecule has 0 saturated carbocycles. The first-order valence-electron chi connectivity index (χ1n) is 9.25. The number of ether oxygens (including phenoxy) is 1. The minimum absolute atomic E-state index is 0.0404. The van der Waals surface area contributed by atoms with E-state index >= 15 is 0 Å². The topological polar surface area (TPSA) is 54.5 Å². The summed E-state index contributed by atoms with van der Waals surface area (Å²) in [6.07, 6.45) is -0.328. The molecule has 3 rings (SSSR count). The van der Waals surface area contributed by atoms with Crippen LogP contribution in [0.2, 0.25) is 0 Å². The van der Waals surface area contributed by atoms with E-state index in [2.05, 4.69) is 15.2 Å². The summed E-state index contributed by atoms with van der Waals surface area (Å²) in [4.78, 5) is 18.0. The lowest BCUT2D eigenvalue weighted by molar-refractivity contribution is -0.141. The molecule has 0 atom stereocenters. The van der Waals surface area contributed by atoms with Crippen LogP contribution in [0.1, 0.15) is 30.7 Å². The Morgan fingerprint density at radius 1 is 1.30 bits per heavy atom. The van der Waals surface area contributed by atoms with Crippen molar-refractivity contribution in [2.75, 3.05) is 39.4 Å². The Balaban J connectivity index is 1.46. The number of aromatic nitrogens is 1. The first-order chi connectivity index (χ1) is 12.9. The summed E-state index contributed by atoms with van der Waals surface area (Å²) < 4.78 is 43.7.